The van der Waals surface area contributed by atoms with Crippen molar-refractivity contribution < 1.29 is 9.53 Å². The van der Waals surface area contributed by atoms with Crippen LogP contribution in [-0.4, -0.2) is 12.6 Å². The highest BCUT2D eigenvalue weighted by Gasteiger charge is 2.22. The Morgan fingerprint density at radius 1 is 0.765 bits per heavy atom. The second-order valence-electron chi connectivity index (χ2n) is 8.32. The summed E-state index contributed by atoms with van der Waals surface area (Å²) in [4.78, 5) is 14.4. The van der Waals surface area contributed by atoms with Crippen molar-refractivity contribution in [3.8, 4) is 11.1 Å². The maximum Gasteiger partial charge on any atom is 0.338 e. The molecule has 4 aromatic carbocycles. The molecule has 3 heteroatoms. The van der Waals surface area contributed by atoms with Crippen molar-refractivity contribution in [2.45, 2.75) is 19.8 Å². The van der Waals surface area contributed by atoms with Crippen LogP contribution in [0.3, 0.4) is 0 Å². The van der Waals surface area contributed by atoms with Crippen LogP contribution in [0.1, 0.15) is 38.8 Å². The first kappa shape index (κ1) is 22.1. The first-order chi connectivity index (χ1) is 16.7. The molecular weight excluding hydrogens is 436 g/mol. The highest BCUT2D eigenvalue weighted by Crippen LogP contribution is 2.41. The van der Waals surface area contributed by atoms with Gasteiger partial charge in [-0.25, -0.2) is 4.79 Å². The number of benzene rings is 4. The van der Waals surface area contributed by atoms with E-state index in [0.29, 0.717) is 18.6 Å². The SMILES string of the molecule is CCOC(=O)c1cc2cc(Cc3ccccc3)sc2c(-c2ccccc2)c1Cc1ccccc1. The molecule has 0 atom stereocenters. The molecule has 0 saturated carbocycles. The number of carbonyl (C=O) groups is 1. The highest BCUT2D eigenvalue weighted by molar-refractivity contribution is 7.19. The molecule has 0 N–H and O–H groups in total. The molecule has 5 rings (SSSR count). The van der Waals surface area contributed by atoms with E-state index in [2.05, 4.69) is 66.7 Å². The zero-order valence-corrected chi connectivity index (χ0v) is 20.0. The Balaban J connectivity index is 1.74. The highest BCUT2D eigenvalue weighted by atomic mass is 32.1. The average molecular weight is 463 g/mol. The van der Waals surface area contributed by atoms with Crippen molar-refractivity contribution >= 4 is 27.4 Å². The number of hydrogen-bond donors (Lipinski definition) is 0. The van der Waals surface area contributed by atoms with Crippen LogP contribution in [-0.2, 0) is 17.6 Å². The summed E-state index contributed by atoms with van der Waals surface area (Å²) in [5.41, 5.74) is 6.39. The van der Waals surface area contributed by atoms with Crippen molar-refractivity contribution in [3.05, 3.63) is 130 Å². The molecule has 0 saturated heterocycles. The van der Waals surface area contributed by atoms with E-state index in [0.717, 1.165) is 28.5 Å². The van der Waals surface area contributed by atoms with Gasteiger partial charge in [0.15, 0.2) is 0 Å². The van der Waals surface area contributed by atoms with Crippen LogP contribution in [0, 0.1) is 0 Å². The van der Waals surface area contributed by atoms with Gasteiger partial charge in [-0.3, -0.25) is 0 Å². The van der Waals surface area contributed by atoms with Crippen molar-refractivity contribution in [2.24, 2.45) is 0 Å². The molecule has 1 aromatic heterocycles. The number of hydrogen-bond acceptors (Lipinski definition) is 3. The summed E-state index contributed by atoms with van der Waals surface area (Å²) in [6, 6.07) is 35.5. The summed E-state index contributed by atoms with van der Waals surface area (Å²) in [7, 11) is 0. The third kappa shape index (κ3) is 4.66. The molecule has 0 bridgehead atoms. The molecule has 2 nitrogen and oxygen atoms in total. The number of carbonyl (C=O) groups excluding carboxylic acids is 1. The van der Waals surface area contributed by atoms with Crippen molar-refractivity contribution in [1.29, 1.82) is 0 Å². The lowest BCUT2D eigenvalue weighted by Crippen LogP contribution is -2.10. The zero-order chi connectivity index (χ0) is 23.3. The van der Waals surface area contributed by atoms with E-state index < -0.39 is 0 Å². The minimum absolute atomic E-state index is 0.261. The molecule has 0 spiro atoms. The number of esters is 1. The molecule has 0 radical (unpaired) electrons. The fourth-order valence-electron chi connectivity index (χ4n) is 4.44. The Bertz CT molecular complexity index is 1400. The van der Waals surface area contributed by atoms with Gasteiger partial charge in [-0.1, -0.05) is 91.0 Å². The third-order valence-electron chi connectivity index (χ3n) is 5.97. The Hall–Kier alpha value is -3.69. The summed E-state index contributed by atoms with van der Waals surface area (Å²) < 4.78 is 6.73. The molecule has 1 heterocycles. The normalized spacial score (nSPS) is 11.0. The second kappa shape index (κ2) is 10.1. The molecule has 5 aromatic rings. The van der Waals surface area contributed by atoms with E-state index in [1.165, 1.54) is 20.7 Å². The molecule has 34 heavy (non-hydrogen) atoms. The number of ether oxygens (including phenoxy) is 1. The predicted octanol–water partition coefficient (Wildman–Crippen LogP) is 7.93. The minimum Gasteiger partial charge on any atom is -0.462 e. The van der Waals surface area contributed by atoms with Crippen molar-refractivity contribution in [2.75, 3.05) is 6.61 Å². The second-order valence-corrected chi connectivity index (χ2v) is 9.46. The minimum atomic E-state index is -0.261. The van der Waals surface area contributed by atoms with E-state index in [4.69, 9.17) is 4.74 Å². The van der Waals surface area contributed by atoms with E-state index in [1.54, 1.807) is 0 Å². The van der Waals surface area contributed by atoms with Gasteiger partial charge in [0.1, 0.15) is 0 Å². The lowest BCUT2D eigenvalue weighted by Gasteiger charge is -2.16. The van der Waals surface area contributed by atoms with E-state index in [1.807, 2.05) is 54.7 Å². The van der Waals surface area contributed by atoms with Crippen molar-refractivity contribution in [3.63, 3.8) is 0 Å². The van der Waals surface area contributed by atoms with Gasteiger partial charge in [-0.15, -0.1) is 11.3 Å². The Morgan fingerprint density at radius 2 is 1.35 bits per heavy atom. The molecular formula is C31H26O2S. The Kier molecular flexibility index (Phi) is 6.55. The van der Waals surface area contributed by atoms with Gasteiger partial charge >= 0.3 is 5.97 Å². The zero-order valence-electron chi connectivity index (χ0n) is 19.2. The quantitative estimate of drug-likeness (QED) is 0.230. The number of rotatable bonds is 7. The largest absolute Gasteiger partial charge is 0.462 e. The molecule has 0 amide bonds. The van der Waals surface area contributed by atoms with Gasteiger partial charge in [-0.05, 0) is 53.1 Å². The molecule has 0 fully saturated rings. The summed E-state index contributed by atoms with van der Waals surface area (Å²) in [6.07, 6.45) is 1.54. The summed E-state index contributed by atoms with van der Waals surface area (Å²) in [5.74, 6) is -0.261. The first-order valence-corrected chi connectivity index (χ1v) is 12.4. The maximum absolute atomic E-state index is 13.2. The van der Waals surface area contributed by atoms with Crippen LogP contribution >= 0.6 is 11.3 Å². The van der Waals surface area contributed by atoms with Crippen molar-refractivity contribution in [1.82, 2.24) is 0 Å². The van der Waals surface area contributed by atoms with Gasteiger partial charge in [0, 0.05) is 21.6 Å². The molecule has 0 aliphatic heterocycles. The van der Waals surface area contributed by atoms with Gasteiger partial charge in [0.25, 0.3) is 0 Å². The predicted molar refractivity (Wildman–Crippen MR) is 142 cm³/mol. The van der Waals surface area contributed by atoms with Crippen LogP contribution in [0.25, 0.3) is 21.2 Å². The van der Waals surface area contributed by atoms with E-state index >= 15 is 0 Å². The summed E-state index contributed by atoms with van der Waals surface area (Å²) >= 11 is 1.82. The Labute approximate surface area is 204 Å². The lowest BCUT2D eigenvalue weighted by molar-refractivity contribution is 0.0525. The summed E-state index contributed by atoms with van der Waals surface area (Å²) in [6.45, 7) is 2.21. The number of fused-ring (bicyclic) bond motifs is 1. The van der Waals surface area contributed by atoms with Gasteiger partial charge in [-0.2, -0.15) is 0 Å². The third-order valence-corrected chi connectivity index (χ3v) is 7.14. The van der Waals surface area contributed by atoms with Crippen LogP contribution < -0.4 is 0 Å². The molecule has 0 aliphatic rings. The summed E-state index contributed by atoms with van der Waals surface area (Å²) in [5, 5.41) is 1.09. The van der Waals surface area contributed by atoms with Crippen LogP contribution in [0.5, 0.6) is 0 Å². The topological polar surface area (TPSA) is 26.3 Å². The number of thiophene rings is 1. The van der Waals surface area contributed by atoms with Gasteiger partial charge in [0.2, 0.25) is 0 Å². The average Bonchev–Trinajstić information content (AvgIpc) is 3.27. The van der Waals surface area contributed by atoms with Gasteiger partial charge < -0.3 is 4.74 Å². The van der Waals surface area contributed by atoms with E-state index in [9.17, 15) is 4.79 Å². The van der Waals surface area contributed by atoms with Crippen LogP contribution in [0.4, 0.5) is 0 Å². The fourth-order valence-corrected chi connectivity index (χ4v) is 5.71. The monoisotopic (exact) mass is 462 g/mol. The van der Waals surface area contributed by atoms with Crippen LogP contribution in [0.2, 0.25) is 0 Å². The fraction of sp³-hybridized carbons (Fsp3) is 0.129. The smallest absolute Gasteiger partial charge is 0.338 e. The lowest BCUT2D eigenvalue weighted by atomic mass is 9.89. The molecule has 0 unspecified atom stereocenters. The molecule has 168 valence electrons. The van der Waals surface area contributed by atoms with E-state index in [-0.39, 0.29) is 5.97 Å². The molecule has 0 aliphatic carbocycles. The van der Waals surface area contributed by atoms with Crippen LogP contribution in [0.15, 0.2) is 103 Å². The Morgan fingerprint density at radius 3 is 1.97 bits per heavy atom. The standard InChI is InChI=1S/C31H26O2S/c1-2-33-31(32)28-21-25-20-26(18-22-12-6-3-7-13-22)34-30(25)29(24-16-10-5-11-17-24)27(28)19-23-14-8-4-9-15-23/h3-17,20-21H,2,18-19H2,1H3. The first-order valence-electron chi connectivity index (χ1n) is 11.6. The maximum atomic E-state index is 13.2. The van der Waals surface area contributed by atoms with Gasteiger partial charge in [0.05, 0.1) is 12.2 Å².